The van der Waals surface area contributed by atoms with Crippen molar-refractivity contribution < 1.29 is 13.2 Å². The van der Waals surface area contributed by atoms with Crippen molar-refractivity contribution in [3.8, 4) is 0 Å². The molecule has 0 unspecified atom stereocenters. The maximum atomic E-state index is 12.0. The summed E-state index contributed by atoms with van der Waals surface area (Å²) in [6.07, 6.45) is 2.45. The number of H-pyrrole nitrogens is 1. The first-order valence-corrected chi connectivity index (χ1v) is 6.81. The third-order valence-corrected chi connectivity index (χ3v) is 3.96. The quantitative estimate of drug-likeness (QED) is 0.760. The average Bonchev–Trinajstić information content (AvgIpc) is 2.85. The molecule has 2 rings (SSSR count). The van der Waals surface area contributed by atoms with Gasteiger partial charge in [0.05, 0.1) is 11.9 Å². The fraction of sp³-hybridized carbons (Fsp3) is 0.0909. The highest BCUT2D eigenvalue weighted by molar-refractivity contribution is 7.92. The highest BCUT2D eigenvalue weighted by Gasteiger charge is 2.17. The van der Waals surface area contributed by atoms with E-state index < -0.39 is 15.9 Å². The number of amides is 1. The van der Waals surface area contributed by atoms with Crippen LogP contribution < -0.4 is 10.5 Å². The lowest BCUT2D eigenvalue weighted by atomic mass is 10.1. The number of sulfonamides is 1. The van der Waals surface area contributed by atoms with E-state index in [0.29, 0.717) is 11.3 Å². The van der Waals surface area contributed by atoms with Crippen LogP contribution >= 0.6 is 0 Å². The molecule has 8 heteroatoms. The molecule has 1 aromatic heterocycles. The summed E-state index contributed by atoms with van der Waals surface area (Å²) < 4.78 is 26.4. The summed E-state index contributed by atoms with van der Waals surface area (Å²) in [7, 11) is -3.73. The minimum absolute atomic E-state index is 0.0105. The van der Waals surface area contributed by atoms with Gasteiger partial charge in [-0.05, 0) is 24.6 Å². The smallest absolute Gasteiger partial charge is 0.265 e. The summed E-state index contributed by atoms with van der Waals surface area (Å²) in [5.74, 6) is -0.609. The van der Waals surface area contributed by atoms with Gasteiger partial charge < -0.3 is 5.73 Å². The first-order valence-electron chi connectivity index (χ1n) is 5.33. The Morgan fingerprint density at radius 2 is 2.16 bits per heavy atom. The van der Waals surface area contributed by atoms with Gasteiger partial charge in [-0.2, -0.15) is 5.10 Å². The van der Waals surface area contributed by atoms with Crippen LogP contribution in [0.2, 0.25) is 0 Å². The van der Waals surface area contributed by atoms with Crippen molar-refractivity contribution in [2.45, 2.75) is 11.8 Å². The fourth-order valence-corrected chi connectivity index (χ4v) is 2.63. The molecule has 1 heterocycles. The molecule has 0 bridgehead atoms. The fourth-order valence-electron chi connectivity index (χ4n) is 1.60. The number of benzene rings is 1. The molecule has 2 aromatic rings. The molecule has 0 aliphatic rings. The topological polar surface area (TPSA) is 118 Å². The molecule has 0 fully saturated rings. The number of aromatic amines is 1. The van der Waals surface area contributed by atoms with E-state index in [2.05, 4.69) is 14.9 Å². The molecule has 0 spiro atoms. The predicted octanol–water partition coefficient (Wildman–Crippen LogP) is 0.618. The van der Waals surface area contributed by atoms with Crippen molar-refractivity contribution in [3.05, 3.63) is 41.7 Å². The maximum absolute atomic E-state index is 12.0. The summed E-state index contributed by atoms with van der Waals surface area (Å²) in [4.78, 5) is 11.2. The zero-order chi connectivity index (χ0) is 14.0. The Hall–Kier alpha value is -2.35. The molecular weight excluding hydrogens is 268 g/mol. The number of anilines is 1. The molecule has 4 N–H and O–H groups in total. The van der Waals surface area contributed by atoms with Gasteiger partial charge in [0, 0.05) is 11.8 Å². The summed E-state index contributed by atoms with van der Waals surface area (Å²) >= 11 is 0. The van der Waals surface area contributed by atoms with E-state index in [1.807, 2.05) is 0 Å². The van der Waals surface area contributed by atoms with Gasteiger partial charge in [0.2, 0.25) is 5.91 Å². The second-order valence-electron chi connectivity index (χ2n) is 3.88. The van der Waals surface area contributed by atoms with Gasteiger partial charge in [-0.3, -0.25) is 14.6 Å². The number of primary amides is 1. The Morgan fingerprint density at radius 1 is 1.42 bits per heavy atom. The third kappa shape index (κ3) is 2.58. The molecule has 0 atom stereocenters. The van der Waals surface area contributed by atoms with Crippen molar-refractivity contribution in [1.82, 2.24) is 10.2 Å². The van der Waals surface area contributed by atoms with Gasteiger partial charge in [0.25, 0.3) is 10.0 Å². The normalized spacial score (nSPS) is 11.2. The Labute approximate surface area is 109 Å². The maximum Gasteiger partial charge on any atom is 0.265 e. The number of hydrogen-bond acceptors (Lipinski definition) is 4. The van der Waals surface area contributed by atoms with Crippen molar-refractivity contribution in [1.29, 1.82) is 0 Å². The summed E-state index contributed by atoms with van der Waals surface area (Å²) in [6.45, 7) is 1.62. The number of nitrogens with two attached hydrogens (primary N) is 1. The van der Waals surface area contributed by atoms with Crippen molar-refractivity contribution in [2.24, 2.45) is 5.73 Å². The summed E-state index contributed by atoms with van der Waals surface area (Å²) in [5, 5.41) is 6.00. The number of aromatic nitrogens is 2. The van der Waals surface area contributed by atoms with Crippen LogP contribution in [0.15, 0.2) is 35.5 Å². The molecule has 0 aliphatic carbocycles. The number of nitrogens with one attached hydrogen (secondary N) is 2. The highest BCUT2D eigenvalue weighted by Crippen LogP contribution is 2.21. The molecular formula is C11H12N4O3S. The first-order chi connectivity index (χ1) is 8.92. The molecule has 100 valence electrons. The van der Waals surface area contributed by atoms with E-state index >= 15 is 0 Å². The second kappa shape index (κ2) is 4.73. The Bertz CT molecular complexity index is 708. The Balaban J connectivity index is 2.40. The predicted molar refractivity (Wildman–Crippen MR) is 69.1 cm³/mol. The molecule has 0 saturated carbocycles. The monoisotopic (exact) mass is 280 g/mol. The molecule has 1 aromatic carbocycles. The number of nitrogens with zero attached hydrogens (tertiary/aromatic N) is 1. The zero-order valence-corrected chi connectivity index (χ0v) is 10.9. The van der Waals surface area contributed by atoms with Crippen LogP contribution in [-0.2, 0) is 10.0 Å². The minimum atomic E-state index is -3.73. The van der Waals surface area contributed by atoms with E-state index in [1.165, 1.54) is 18.5 Å². The standard InChI is InChI=1S/C11H12N4O3S/c1-7-9(11(12)16)3-2-4-10(7)15-19(17,18)8-5-13-14-6-8/h2-6,15H,1H3,(H2,12,16)(H,13,14). The number of carbonyl (C=O) groups is 1. The van der Waals surface area contributed by atoms with Crippen LogP contribution in [0.25, 0.3) is 0 Å². The van der Waals surface area contributed by atoms with Gasteiger partial charge in [0.15, 0.2) is 0 Å². The average molecular weight is 280 g/mol. The van der Waals surface area contributed by atoms with Crippen LogP contribution in [0, 0.1) is 6.92 Å². The molecule has 7 nitrogen and oxygen atoms in total. The van der Waals surface area contributed by atoms with Gasteiger partial charge in [-0.15, -0.1) is 0 Å². The van der Waals surface area contributed by atoms with Gasteiger partial charge in [0.1, 0.15) is 4.90 Å². The first kappa shape index (κ1) is 13.1. The van der Waals surface area contributed by atoms with Crippen LogP contribution in [0.3, 0.4) is 0 Å². The van der Waals surface area contributed by atoms with Crippen LogP contribution in [0.4, 0.5) is 5.69 Å². The van der Waals surface area contributed by atoms with E-state index in [0.717, 1.165) is 0 Å². The molecule has 0 radical (unpaired) electrons. The summed E-state index contributed by atoms with van der Waals surface area (Å²) in [6, 6.07) is 4.65. The Kier molecular flexibility index (Phi) is 3.26. The second-order valence-corrected chi connectivity index (χ2v) is 5.56. The van der Waals surface area contributed by atoms with Gasteiger partial charge >= 0.3 is 0 Å². The van der Waals surface area contributed by atoms with Crippen LogP contribution in [-0.4, -0.2) is 24.5 Å². The third-order valence-electron chi connectivity index (χ3n) is 2.63. The SMILES string of the molecule is Cc1c(NS(=O)(=O)c2cn[nH]c2)cccc1C(N)=O. The summed E-state index contributed by atoms with van der Waals surface area (Å²) in [5.41, 5.74) is 6.26. The number of rotatable bonds is 4. The van der Waals surface area contributed by atoms with Gasteiger partial charge in [-0.25, -0.2) is 8.42 Å². The lowest BCUT2D eigenvalue weighted by Gasteiger charge is -2.11. The number of hydrogen-bond donors (Lipinski definition) is 3. The van der Waals surface area contributed by atoms with Crippen molar-refractivity contribution in [2.75, 3.05) is 4.72 Å². The van der Waals surface area contributed by atoms with E-state index in [-0.39, 0.29) is 10.5 Å². The number of carbonyl (C=O) groups excluding carboxylic acids is 1. The lowest BCUT2D eigenvalue weighted by molar-refractivity contribution is 0.0999. The van der Waals surface area contributed by atoms with E-state index in [1.54, 1.807) is 19.1 Å². The lowest BCUT2D eigenvalue weighted by Crippen LogP contribution is -2.16. The van der Waals surface area contributed by atoms with E-state index in [9.17, 15) is 13.2 Å². The molecule has 1 amide bonds. The van der Waals surface area contributed by atoms with Crippen molar-refractivity contribution >= 4 is 21.6 Å². The molecule has 0 aliphatic heterocycles. The zero-order valence-electron chi connectivity index (χ0n) is 10.0. The van der Waals surface area contributed by atoms with Crippen LogP contribution in [0.5, 0.6) is 0 Å². The largest absolute Gasteiger partial charge is 0.366 e. The molecule has 19 heavy (non-hydrogen) atoms. The minimum Gasteiger partial charge on any atom is -0.366 e. The Morgan fingerprint density at radius 3 is 2.74 bits per heavy atom. The van der Waals surface area contributed by atoms with Gasteiger partial charge in [-0.1, -0.05) is 6.07 Å². The van der Waals surface area contributed by atoms with Crippen LogP contribution in [0.1, 0.15) is 15.9 Å². The highest BCUT2D eigenvalue weighted by atomic mass is 32.2. The van der Waals surface area contributed by atoms with E-state index in [4.69, 9.17) is 5.73 Å². The molecule has 0 saturated heterocycles. The van der Waals surface area contributed by atoms with Crippen molar-refractivity contribution in [3.63, 3.8) is 0 Å².